The van der Waals surface area contributed by atoms with Crippen molar-refractivity contribution < 1.29 is 4.79 Å². The van der Waals surface area contributed by atoms with Crippen LogP contribution in [0, 0.1) is 5.92 Å². The van der Waals surface area contributed by atoms with Crippen LogP contribution in [0.3, 0.4) is 0 Å². The predicted molar refractivity (Wildman–Crippen MR) is 48.4 cm³/mol. The van der Waals surface area contributed by atoms with E-state index in [2.05, 4.69) is 6.92 Å². The normalized spacial score (nSPS) is 12.0. The Morgan fingerprint density at radius 3 is 2.45 bits per heavy atom. The molecule has 0 heterocycles. The zero-order chi connectivity index (χ0) is 8.69. The number of allylic oxidation sites excluding steroid dienone is 4. The van der Waals surface area contributed by atoms with Gasteiger partial charge in [-0.1, -0.05) is 39.0 Å². The largest absolute Gasteiger partial charge is 0.295 e. The van der Waals surface area contributed by atoms with Crippen molar-refractivity contribution in [3.8, 4) is 0 Å². The zero-order valence-electron chi connectivity index (χ0n) is 7.50. The molecule has 1 nitrogen and oxygen atoms in total. The summed E-state index contributed by atoms with van der Waals surface area (Å²) in [6, 6.07) is 0. The van der Waals surface area contributed by atoms with Gasteiger partial charge in [-0.3, -0.25) is 4.79 Å². The first-order valence-electron chi connectivity index (χ1n) is 4.05. The molecule has 0 spiro atoms. The Bertz CT molecular complexity index is 164. The van der Waals surface area contributed by atoms with Crippen molar-refractivity contribution in [3.63, 3.8) is 0 Å². The molecule has 0 aromatic carbocycles. The summed E-state index contributed by atoms with van der Waals surface area (Å²) in [6.45, 7) is 5.86. The van der Waals surface area contributed by atoms with E-state index >= 15 is 0 Å². The standard InChI is InChI=1S/C10H16O/c1-4-5-6-7-8-10(11)9(2)3/h5-9H,4H2,1-3H3/b6-5+,8-7+. The summed E-state index contributed by atoms with van der Waals surface area (Å²) in [6.07, 6.45) is 8.35. The number of hydrogen-bond acceptors (Lipinski definition) is 1. The second-order valence-electron chi connectivity index (χ2n) is 2.75. The highest BCUT2D eigenvalue weighted by molar-refractivity contribution is 5.91. The molecule has 0 rings (SSSR count). The van der Waals surface area contributed by atoms with Crippen LogP contribution in [0.1, 0.15) is 27.2 Å². The molecule has 0 bridgehead atoms. The molecule has 0 saturated heterocycles. The van der Waals surface area contributed by atoms with Gasteiger partial charge in [0.05, 0.1) is 0 Å². The third kappa shape index (κ3) is 5.59. The van der Waals surface area contributed by atoms with Gasteiger partial charge < -0.3 is 0 Å². The molecule has 0 aromatic heterocycles. The van der Waals surface area contributed by atoms with E-state index in [9.17, 15) is 4.79 Å². The van der Waals surface area contributed by atoms with Crippen LogP contribution in [0.5, 0.6) is 0 Å². The van der Waals surface area contributed by atoms with E-state index in [1.807, 2.05) is 26.0 Å². The minimum atomic E-state index is 0.112. The monoisotopic (exact) mass is 152 g/mol. The van der Waals surface area contributed by atoms with Crippen LogP contribution in [-0.4, -0.2) is 5.78 Å². The van der Waals surface area contributed by atoms with E-state index in [1.165, 1.54) is 0 Å². The summed E-state index contributed by atoms with van der Waals surface area (Å²) < 4.78 is 0. The van der Waals surface area contributed by atoms with E-state index in [1.54, 1.807) is 12.2 Å². The average molecular weight is 152 g/mol. The van der Waals surface area contributed by atoms with Gasteiger partial charge in [0.1, 0.15) is 0 Å². The highest BCUT2D eigenvalue weighted by Crippen LogP contribution is 1.95. The van der Waals surface area contributed by atoms with Crippen molar-refractivity contribution in [2.45, 2.75) is 27.2 Å². The molecule has 0 aliphatic rings. The van der Waals surface area contributed by atoms with Crippen LogP contribution in [0.4, 0.5) is 0 Å². The summed E-state index contributed by atoms with van der Waals surface area (Å²) in [4.78, 5) is 11.0. The first kappa shape index (κ1) is 10.2. The first-order valence-corrected chi connectivity index (χ1v) is 4.05. The number of hydrogen-bond donors (Lipinski definition) is 0. The Balaban J connectivity index is 3.74. The van der Waals surface area contributed by atoms with Crippen LogP contribution >= 0.6 is 0 Å². The molecule has 0 amide bonds. The summed E-state index contributed by atoms with van der Waals surface area (Å²) in [5.74, 6) is 0.298. The highest BCUT2D eigenvalue weighted by Gasteiger charge is 1.99. The predicted octanol–water partition coefficient (Wildman–Crippen LogP) is 2.73. The molecule has 0 aliphatic heterocycles. The van der Waals surface area contributed by atoms with Crippen molar-refractivity contribution in [2.24, 2.45) is 5.92 Å². The van der Waals surface area contributed by atoms with Gasteiger partial charge in [-0.2, -0.15) is 0 Å². The fourth-order valence-corrected chi connectivity index (χ4v) is 0.557. The molecule has 1 heteroatoms. The smallest absolute Gasteiger partial charge is 0.158 e. The van der Waals surface area contributed by atoms with Gasteiger partial charge in [-0.25, -0.2) is 0 Å². The Labute approximate surface area is 68.8 Å². The second kappa shape index (κ2) is 5.90. The lowest BCUT2D eigenvalue weighted by molar-refractivity contribution is -0.117. The van der Waals surface area contributed by atoms with Gasteiger partial charge in [0, 0.05) is 5.92 Å². The Morgan fingerprint density at radius 1 is 1.36 bits per heavy atom. The Morgan fingerprint density at radius 2 is 2.00 bits per heavy atom. The van der Waals surface area contributed by atoms with Crippen molar-refractivity contribution in [1.29, 1.82) is 0 Å². The SMILES string of the molecule is CC/C=C/C=C/C(=O)C(C)C. The molecule has 0 unspecified atom stereocenters. The van der Waals surface area contributed by atoms with E-state index in [0.29, 0.717) is 0 Å². The van der Waals surface area contributed by atoms with Crippen LogP contribution in [0.2, 0.25) is 0 Å². The van der Waals surface area contributed by atoms with Crippen LogP contribution in [0.25, 0.3) is 0 Å². The third-order valence-electron chi connectivity index (χ3n) is 1.31. The summed E-state index contributed by atoms with van der Waals surface area (Å²) in [5.41, 5.74) is 0. The summed E-state index contributed by atoms with van der Waals surface area (Å²) in [7, 11) is 0. The second-order valence-corrected chi connectivity index (χ2v) is 2.75. The molecule has 0 aromatic rings. The highest BCUT2D eigenvalue weighted by atomic mass is 16.1. The number of rotatable bonds is 4. The fourth-order valence-electron chi connectivity index (χ4n) is 0.557. The Kier molecular flexibility index (Phi) is 5.44. The van der Waals surface area contributed by atoms with Gasteiger partial charge in [-0.15, -0.1) is 0 Å². The summed E-state index contributed by atoms with van der Waals surface area (Å²) >= 11 is 0. The molecular formula is C10H16O. The molecule has 0 aliphatic carbocycles. The van der Waals surface area contributed by atoms with Crippen molar-refractivity contribution >= 4 is 5.78 Å². The lowest BCUT2D eigenvalue weighted by Gasteiger charge is -1.94. The van der Waals surface area contributed by atoms with Crippen molar-refractivity contribution in [3.05, 3.63) is 24.3 Å². The number of ketones is 1. The topological polar surface area (TPSA) is 17.1 Å². The van der Waals surface area contributed by atoms with Crippen LogP contribution in [-0.2, 0) is 4.79 Å². The van der Waals surface area contributed by atoms with Gasteiger partial charge >= 0.3 is 0 Å². The number of carbonyl (C=O) groups excluding carboxylic acids is 1. The molecule has 0 radical (unpaired) electrons. The third-order valence-corrected chi connectivity index (χ3v) is 1.31. The molecule has 0 N–H and O–H groups in total. The summed E-state index contributed by atoms with van der Waals surface area (Å²) in [5, 5.41) is 0. The minimum Gasteiger partial charge on any atom is -0.295 e. The Hall–Kier alpha value is -0.850. The van der Waals surface area contributed by atoms with E-state index < -0.39 is 0 Å². The fraction of sp³-hybridized carbons (Fsp3) is 0.500. The lowest BCUT2D eigenvalue weighted by atomic mass is 10.1. The van der Waals surface area contributed by atoms with Gasteiger partial charge in [-0.05, 0) is 12.5 Å². The zero-order valence-corrected chi connectivity index (χ0v) is 7.50. The maximum absolute atomic E-state index is 11.0. The van der Waals surface area contributed by atoms with E-state index in [4.69, 9.17) is 0 Å². The van der Waals surface area contributed by atoms with E-state index in [-0.39, 0.29) is 11.7 Å². The molecule has 0 fully saturated rings. The molecule has 11 heavy (non-hydrogen) atoms. The number of carbonyl (C=O) groups is 1. The molecule has 62 valence electrons. The maximum atomic E-state index is 11.0. The van der Waals surface area contributed by atoms with Crippen molar-refractivity contribution in [1.82, 2.24) is 0 Å². The first-order chi connectivity index (χ1) is 5.18. The molecule has 0 saturated carbocycles. The van der Waals surface area contributed by atoms with Crippen LogP contribution in [0.15, 0.2) is 24.3 Å². The van der Waals surface area contributed by atoms with Crippen molar-refractivity contribution in [2.75, 3.05) is 0 Å². The molecule has 0 atom stereocenters. The maximum Gasteiger partial charge on any atom is 0.158 e. The van der Waals surface area contributed by atoms with Gasteiger partial charge in [0.25, 0.3) is 0 Å². The minimum absolute atomic E-state index is 0.112. The van der Waals surface area contributed by atoms with Gasteiger partial charge in [0.15, 0.2) is 5.78 Å². The van der Waals surface area contributed by atoms with E-state index in [0.717, 1.165) is 6.42 Å². The van der Waals surface area contributed by atoms with Crippen LogP contribution < -0.4 is 0 Å². The molecular weight excluding hydrogens is 136 g/mol. The van der Waals surface area contributed by atoms with Gasteiger partial charge in [0.2, 0.25) is 0 Å². The average Bonchev–Trinajstić information content (AvgIpc) is 1.97. The lowest BCUT2D eigenvalue weighted by Crippen LogP contribution is -2.01. The quantitative estimate of drug-likeness (QED) is 0.447.